The topological polar surface area (TPSA) is 70.1 Å². The molecule has 1 aliphatic heterocycles. The number of carbonyl (C=O) groups is 2. The van der Waals surface area contributed by atoms with E-state index in [1.54, 1.807) is 7.11 Å². The number of nitrogens with zero attached hydrogens (tertiary/aromatic N) is 2. The van der Waals surface area contributed by atoms with Gasteiger partial charge in [-0.2, -0.15) is 0 Å². The summed E-state index contributed by atoms with van der Waals surface area (Å²) in [6.07, 6.45) is 0.757. The van der Waals surface area contributed by atoms with Gasteiger partial charge in [0.25, 0.3) is 7.41 Å². The Balaban J connectivity index is 2.64. The summed E-state index contributed by atoms with van der Waals surface area (Å²) in [7, 11) is 3.09. The van der Waals surface area contributed by atoms with Crippen LogP contribution in [-0.2, 0) is 14.3 Å². The third-order valence-corrected chi connectivity index (χ3v) is 2.95. The highest BCUT2D eigenvalue weighted by atomic mass is 16.5. The SMILES string of the molecule is COC[C@H]1CN([B]C=O)[C@H](C)CN1CC(=O)O. The van der Waals surface area contributed by atoms with E-state index in [1.807, 2.05) is 16.6 Å². The molecule has 0 unspecified atom stereocenters. The Morgan fingerprint density at radius 2 is 2.29 bits per heavy atom. The minimum Gasteiger partial charge on any atom is -0.480 e. The van der Waals surface area contributed by atoms with Gasteiger partial charge in [0.1, 0.15) is 0 Å². The largest absolute Gasteiger partial charge is 0.480 e. The van der Waals surface area contributed by atoms with Gasteiger partial charge in [-0.25, -0.2) is 0 Å². The first-order chi connectivity index (χ1) is 8.08. The minimum atomic E-state index is -0.842. The summed E-state index contributed by atoms with van der Waals surface area (Å²) in [4.78, 5) is 25.1. The van der Waals surface area contributed by atoms with Crippen LogP contribution in [0.3, 0.4) is 0 Å². The van der Waals surface area contributed by atoms with Crippen molar-refractivity contribution in [1.82, 2.24) is 9.71 Å². The molecule has 6 nitrogen and oxygen atoms in total. The second-order valence-electron chi connectivity index (χ2n) is 4.26. The van der Waals surface area contributed by atoms with Crippen molar-refractivity contribution in [1.29, 1.82) is 0 Å². The summed E-state index contributed by atoms with van der Waals surface area (Å²) in [5.41, 5.74) is 0. The predicted molar refractivity (Wildman–Crippen MR) is 63.5 cm³/mol. The molecular formula is C10H18BN2O4. The van der Waals surface area contributed by atoms with Gasteiger partial charge in [-0.15, -0.1) is 0 Å². The van der Waals surface area contributed by atoms with Crippen molar-refractivity contribution in [2.45, 2.75) is 19.0 Å². The van der Waals surface area contributed by atoms with Crippen LogP contribution in [0, 0.1) is 0 Å². The van der Waals surface area contributed by atoms with E-state index >= 15 is 0 Å². The van der Waals surface area contributed by atoms with Crippen LogP contribution in [0.2, 0.25) is 0 Å². The molecule has 7 heteroatoms. The number of piperazine rings is 1. The quantitative estimate of drug-likeness (QED) is 0.470. The van der Waals surface area contributed by atoms with E-state index < -0.39 is 5.97 Å². The zero-order valence-electron chi connectivity index (χ0n) is 10.2. The van der Waals surface area contributed by atoms with Crippen molar-refractivity contribution in [3.8, 4) is 0 Å². The van der Waals surface area contributed by atoms with Crippen LogP contribution in [0.1, 0.15) is 6.92 Å². The van der Waals surface area contributed by atoms with Crippen molar-refractivity contribution in [3.63, 3.8) is 0 Å². The lowest BCUT2D eigenvalue weighted by molar-refractivity contribution is -0.140. The Morgan fingerprint density at radius 3 is 2.82 bits per heavy atom. The average molecular weight is 241 g/mol. The van der Waals surface area contributed by atoms with E-state index in [1.165, 1.54) is 7.41 Å². The highest BCUT2D eigenvalue weighted by molar-refractivity contribution is 6.64. The van der Waals surface area contributed by atoms with Gasteiger partial charge in [0.05, 0.1) is 19.3 Å². The van der Waals surface area contributed by atoms with E-state index in [9.17, 15) is 9.59 Å². The van der Waals surface area contributed by atoms with Crippen LogP contribution in [0.25, 0.3) is 0 Å². The number of hydrogen-bond donors (Lipinski definition) is 1. The third-order valence-electron chi connectivity index (χ3n) is 2.95. The molecular weight excluding hydrogens is 223 g/mol. The normalized spacial score (nSPS) is 26.7. The molecule has 0 amide bonds. The molecule has 0 spiro atoms. The molecule has 2 atom stereocenters. The monoisotopic (exact) mass is 241 g/mol. The number of rotatable bonds is 6. The summed E-state index contributed by atoms with van der Waals surface area (Å²) in [6, 6.07) is 0.135. The van der Waals surface area contributed by atoms with Gasteiger partial charge >= 0.3 is 5.97 Å². The molecule has 17 heavy (non-hydrogen) atoms. The number of aliphatic carboxylic acids is 1. The molecule has 1 heterocycles. The fraction of sp³-hybridized carbons (Fsp3) is 0.800. The summed E-state index contributed by atoms with van der Waals surface area (Å²) < 4.78 is 5.09. The van der Waals surface area contributed by atoms with Crippen molar-refractivity contribution < 1.29 is 19.4 Å². The first-order valence-electron chi connectivity index (χ1n) is 5.57. The zero-order valence-corrected chi connectivity index (χ0v) is 10.2. The number of methoxy groups -OCH3 is 1. The van der Waals surface area contributed by atoms with Crippen molar-refractivity contribution in [2.24, 2.45) is 0 Å². The van der Waals surface area contributed by atoms with Crippen LogP contribution in [-0.4, -0.2) is 79.8 Å². The average Bonchev–Trinajstić information content (AvgIpc) is 2.24. The first kappa shape index (κ1) is 14.1. The fourth-order valence-electron chi connectivity index (χ4n) is 2.14. The van der Waals surface area contributed by atoms with Crippen LogP contribution < -0.4 is 0 Å². The smallest absolute Gasteiger partial charge is 0.317 e. The predicted octanol–water partition coefficient (Wildman–Crippen LogP) is -1.10. The fourth-order valence-corrected chi connectivity index (χ4v) is 2.14. The molecule has 1 N–H and O–H groups in total. The van der Waals surface area contributed by atoms with Gasteiger partial charge in [-0.05, 0) is 6.92 Å². The number of ether oxygens (including phenoxy) is 1. The van der Waals surface area contributed by atoms with Gasteiger partial charge in [0, 0.05) is 32.3 Å². The van der Waals surface area contributed by atoms with E-state index in [2.05, 4.69) is 0 Å². The molecule has 0 aromatic rings. The standard InChI is InChI=1S/C10H18BN2O4/c1-8-3-12(5-10(15)16)9(6-17-2)4-13(8)11-7-14/h7-9H,3-6H2,1-2H3,(H,15,16)/t8-,9-/m1/s1. The van der Waals surface area contributed by atoms with Gasteiger partial charge in [0.15, 0.2) is 0 Å². The van der Waals surface area contributed by atoms with Crippen LogP contribution in [0.5, 0.6) is 0 Å². The summed E-state index contributed by atoms with van der Waals surface area (Å²) in [5.74, 6) is -0.842. The van der Waals surface area contributed by atoms with Crippen molar-refractivity contribution >= 4 is 19.6 Å². The number of carbonyl (C=O) groups excluding carboxylic acids is 1. The molecule has 1 aliphatic rings. The lowest BCUT2D eigenvalue weighted by Gasteiger charge is -2.44. The van der Waals surface area contributed by atoms with Gasteiger partial charge in [-0.1, -0.05) is 0 Å². The lowest BCUT2D eigenvalue weighted by Crippen LogP contribution is -2.60. The first-order valence-corrected chi connectivity index (χ1v) is 5.57. The molecule has 1 rings (SSSR count). The summed E-state index contributed by atoms with van der Waals surface area (Å²) in [6.45, 7) is 3.67. The molecule has 1 saturated heterocycles. The number of carboxylic acid groups (broad SMARTS) is 1. The van der Waals surface area contributed by atoms with Crippen molar-refractivity contribution in [3.05, 3.63) is 0 Å². The molecule has 1 radical (unpaired) electrons. The Morgan fingerprint density at radius 1 is 1.59 bits per heavy atom. The molecule has 0 saturated carbocycles. The molecule has 1 fully saturated rings. The second kappa shape index (κ2) is 6.73. The molecule has 95 valence electrons. The van der Waals surface area contributed by atoms with Crippen LogP contribution >= 0.6 is 0 Å². The minimum absolute atomic E-state index is 0.00324. The molecule has 0 bridgehead atoms. The molecule has 0 aromatic carbocycles. The Hall–Kier alpha value is -0.915. The summed E-state index contributed by atoms with van der Waals surface area (Å²) >= 11 is 0. The highest BCUT2D eigenvalue weighted by Crippen LogP contribution is 2.14. The molecule has 0 aromatic heterocycles. The Labute approximate surface area is 102 Å². The van der Waals surface area contributed by atoms with Crippen LogP contribution in [0.15, 0.2) is 0 Å². The lowest BCUT2D eigenvalue weighted by atomic mass is 9.89. The van der Waals surface area contributed by atoms with Gasteiger partial charge in [-0.3, -0.25) is 9.69 Å². The van der Waals surface area contributed by atoms with E-state index in [4.69, 9.17) is 9.84 Å². The van der Waals surface area contributed by atoms with Gasteiger partial charge in [0.2, 0.25) is 0 Å². The second-order valence-corrected chi connectivity index (χ2v) is 4.26. The maximum atomic E-state index is 10.8. The highest BCUT2D eigenvalue weighted by Gasteiger charge is 2.32. The van der Waals surface area contributed by atoms with Crippen LogP contribution in [0.4, 0.5) is 0 Å². The van der Waals surface area contributed by atoms with Gasteiger partial charge < -0.3 is 19.4 Å². The van der Waals surface area contributed by atoms with E-state index in [-0.39, 0.29) is 18.6 Å². The zero-order chi connectivity index (χ0) is 12.8. The number of carboxylic acids is 1. The molecule has 0 aliphatic carbocycles. The number of hydrogen-bond acceptors (Lipinski definition) is 5. The summed E-state index contributed by atoms with van der Waals surface area (Å²) in [5, 5.41) is 8.85. The third kappa shape index (κ3) is 4.10. The van der Waals surface area contributed by atoms with E-state index in [0.29, 0.717) is 19.7 Å². The maximum absolute atomic E-state index is 10.8. The Bertz CT molecular complexity index is 277. The Kier molecular flexibility index (Phi) is 5.60. The van der Waals surface area contributed by atoms with Crippen molar-refractivity contribution in [2.75, 3.05) is 33.4 Å². The van der Waals surface area contributed by atoms with E-state index in [0.717, 1.165) is 6.19 Å². The maximum Gasteiger partial charge on any atom is 0.317 e.